The van der Waals surface area contributed by atoms with Crippen molar-refractivity contribution in [2.24, 2.45) is 4.99 Å². The summed E-state index contributed by atoms with van der Waals surface area (Å²) < 4.78 is 22.9. The summed E-state index contributed by atoms with van der Waals surface area (Å²) in [5, 5.41) is 6.66. The molecule has 0 aromatic heterocycles. The van der Waals surface area contributed by atoms with E-state index >= 15 is 0 Å². The largest absolute Gasteiger partial charge is 0.356 e. The van der Waals surface area contributed by atoms with E-state index in [0.717, 1.165) is 38.6 Å². The second-order valence-corrected chi connectivity index (χ2v) is 9.50. The molecule has 156 valence electrons. The monoisotopic (exact) mass is 503 g/mol. The fourth-order valence-electron chi connectivity index (χ4n) is 3.11. The summed E-state index contributed by atoms with van der Waals surface area (Å²) in [7, 11) is -1.02. The third-order valence-corrected chi connectivity index (χ3v) is 6.20. The van der Waals surface area contributed by atoms with Crippen molar-refractivity contribution in [1.29, 1.82) is 0 Å². The molecule has 7 nitrogen and oxygen atoms in total. The Morgan fingerprint density at radius 3 is 2.12 bits per heavy atom. The molecular formula is C17H38IN5O2S. The van der Waals surface area contributed by atoms with Crippen LogP contribution < -0.4 is 10.6 Å². The zero-order valence-electron chi connectivity index (χ0n) is 17.0. The highest BCUT2D eigenvalue weighted by molar-refractivity contribution is 14.0. The summed E-state index contributed by atoms with van der Waals surface area (Å²) in [6.45, 7) is 13.8. The number of halogens is 1. The summed E-state index contributed by atoms with van der Waals surface area (Å²) in [5.74, 6) is 1.37. The number of hydrogen-bond donors (Lipinski definition) is 2. The maximum absolute atomic E-state index is 11.4. The number of nitrogens with zero attached hydrogens (tertiary/aromatic N) is 3. The number of hydrogen-bond acceptors (Lipinski definition) is 5. The predicted molar refractivity (Wildman–Crippen MR) is 121 cm³/mol. The van der Waals surface area contributed by atoms with Crippen LogP contribution in [0.25, 0.3) is 0 Å². The zero-order valence-corrected chi connectivity index (χ0v) is 20.1. The molecule has 9 heteroatoms. The average Bonchev–Trinajstić information content (AvgIpc) is 2.53. The van der Waals surface area contributed by atoms with Gasteiger partial charge < -0.3 is 10.6 Å². The molecule has 1 fully saturated rings. The molecule has 1 heterocycles. The van der Waals surface area contributed by atoms with Gasteiger partial charge in [-0.05, 0) is 34.1 Å². The standard InChI is InChI=1S/C17H37N5O2S.HI/c1-15(2)22(16(3)4)9-6-7-19-17(18-5)20-8-10-21-11-13-25(23,24)14-12-21;/h15-16H,6-14H2,1-5H3,(H2,18,19,20);1H. The van der Waals surface area contributed by atoms with Crippen molar-refractivity contribution >= 4 is 39.8 Å². The minimum atomic E-state index is -2.80. The molecule has 2 N–H and O–H groups in total. The van der Waals surface area contributed by atoms with E-state index in [1.54, 1.807) is 7.05 Å². The minimum Gasteiger partial charge on any atom is -0.356 e. The molecule has 0 radical (unpaired) electrons. The van der Waals surface area contributed by atoms with Crippen molar-refractivity contribution in [2.45, 2.75) is 46.2 Å². The fourth-order valence-corrected chi connectivity index (χ4v) is 4.38. The Balaban J connectivity index is 0.00000625. The Morgan fingerprint density at radius 2 is 1.62 bits per heavy atom. The Morgan fingerprint density at radius 1 is 1.08 bits per heavy atom. The molecule has 0 aromatic rings. The van der Waals surface area contributed by atoms with E-state index in [-0.39, 0.29) is 35.5 Å². The van der Waals surface area contributed by atoms with Gasteiger partial charge in [0.1, 0.15) is 0 Å². The van der Waals surface area contributed by atoms with Gasteiger partial charge in [-0.15, -0.1) is 24.0 Å². The Labute approximate surface area is 177 Å². The van der Waals surface area contributed by atoms with Crippen molar-refractivity contribution in [3.63, 3.8) is 0 Å². The molecule has 0 bridgehead atoms. The molecule has 26 heavy (non-hydrogen) atoms. The van der Waals surface area contributed by atoms with E-state index in [1.165, 1.54) is 0 Å². The normalized spacial score (nSPS) is 18.2. The average molecular weight is 503 g/mol. The van der Waals surface area contributed by atoms with Crippen molar-refractivity contribution in [3.8, 4) is 0 Å². The quantitative estimate of drug-likeness (QED) is 0.212. The van der Waals surface area contributed by atoms with Crippen LogP contribution in [0.4, 0.5) is 0 Å². The Kier molecular flexibility index (Phi) is 13.0. The second kappa shape index (κ2) is 13.1. The molecule has 1 rings (SSSR count). The van der Waals surface area contributed by atoms with Crippen LogP contribution in [0.5, 0.6) is 0 Å². The number of sulfone groups is 1. The first-order valence-electron chi connectivity index (χ1n) is 9.38. The van der Waals surface area contributed by atoms with Crippen molar-refractivity contribution < 1.29 is 8.42 Å². The van der Waals surface area contributed by atoms with Gasteiger partial charge in [-0.1, -0.05) is 0 Å². The Hall–Kier alpha value is -0.130. The van der Waals surface area contributed by atoms with Gasteiger partial charge in [-0.3, -0.25) is 14.8 Å². The fraction of sp³-hybridized carbons (Fsp3) is 0.941. The lowest BCUT2D eigenvalue weighted by Gasteiger charge is -2.30. The molecule has 1 saturated heterocycles. The Bertz CT molecular complexity index is 489. The number of rotatable bonds is 9. The summed E-state index contributed by atoms with van der Waals surface area (Å²) in [6.07, 6.45) is 1.07. The van der Waals surface area contributed by atoms with E-state index in [1.807, 2.05) is 0 Å². The van der Waals surface area contributed by atoms with Crippen molar-refractivity contribution in [1.82, 2.24) is 20.4 Å². The van der Waals surface area contributed by atoms with Crippen LogP contribution in [-0.2, 0) is 9.84 Å². The summed E-state index contributed by atoms with van der Waals surface area (Å²) in [4.78, 5) is 8.92. The summed E-state index contributed by atoms with van der Waals surface area (Å²) in [5.41, 5.74) is 0. The molecule has 0 spiro atoms. The first-order chi connectivity index (χ1) is 11.7. The van der Waals surface area contributed by atoms with Crippen LogP contribution >= 0.6 is 24.0 Å². The van der Waals surface area contributed by atoms with Gasteiger partial charge in [-0.25, -0.2) is 8.42 Å². The second-order valence-electron chi connectivity index (χ2n) is 7.20. The molecule has 1 aliphatic rings. The molecule has 0 aliphatic carbocycles. The predicted octanol–water partition coefficient (Wildman–Crippen LogP) is 1.01. The van der Waals surface area contributed by atoms with E-state index in [0.29, 0.717) is 25.2 Å². The van der Waals surface area contributed by atoms with Crippen LogP contribution in [-0.4, -0.2) is 94.1 Å². The van der Waals surface area contributed by atoms with E-state index < -0.39 is 9.84 Å². The van der Waals surface area contributed by atoms with Crippen LogP contribution in [0.15, 0.2) is 4.99 Å². The lowest BCUT2D eigenvalue weighted by molar-refractivity contribution is 0.173. The van der Waals surface area contributed by atoms with E-state index in [9.17, 15) is 8.42 Å². The highest BCUT2D eigenvalue weighted by Gasteiger charge is 2.20. The van der Waals surface area contributed by atoms with Crippen LogP contribution in [0.1, 0.15) is 34.1 Å². The molecule has 0 unspecified atom stereocenters. The van der Waals surface area contributed by atoms with Crippen LogP contribution in [0.3, 0.4) is 0 Å². The summed E-state index contributed by atoms with van der Waals surface area (Å²) >= 11 is 0. The van der Waals surface area contributed by atoms with Gasteiger partial charge in [0, 0.05) is 58.4 Å². The van der Waals surface area contributed by atoms with Crippen molar-refractivity contribution in [2.75, 3.05) is 57.8 Å². The van der Waals surface area contributed by atoms with Gasteiger partial charge in [0.25, 0.3) is 0 Å². The third kappa shape index (κ3) is 10.3. The molecule has 0 aromatic carbocycles. The smallest absolute Gasteiger partial charge is 0.191 e. The number of guanidine groups is 1. The topological polar surface area (TPSA) is 77.0 Å². The maximum Gasteiger partial charge on any atom is 0.191 e. The lowest BCUT2D eigenvalue weighted by Crippen LogP contribution is -2.46. The van der Waals surface area contributed by atoms with E-state index in [4.69, 9.17) is 0 Å². The number of nitrogens with one attached hydrogen (secondary N) is 2. The number of aliphatic imine (C=N–C) groups is 1. The molecule has 1 aliphatic heterocycles. The first-order valence-corrected chi connectivity index (χ1v) is 11.2. The van der Waals surface area contributed by atoms with Crippen molar-refractivity contribution in [3.05, 3.63) is 0 Å². The lowest BCUT2D eigenvalue weighted by atomic mass is 10.2. The highest BCUT2D eigenvalue weighted by Crippen LogP contribution is 2.05. The molecule has 0 saturated carbocycles. The zero-order chi connectivity index (χ0) is 18.9. The summed E-state index contributed by atoms with van der Waals surface area (Å²) in [6, 6.07) is 1.12. The minimum absolute atomic E-state index is 0. The van der Waals surface area contributed by atoms with Gasteiger partial charge in [0.2, 0.25) is 0 Å². The molecule has 0 amide bonds. The van der Waals surface area contributed by atoms with Gasteiger partial charge >= 0.3 is 0 Å². The van der Waals surface area contributed by atoms with Gasteiger partial charge in [-0.2, -0.15) is 0 Å². The maximum atomic E-state index is 11.4. The molecule has 0 atom stereocenters. The van der Waals surface area contributed by atoms with Gasteiger partial charge in [0.15, 0.2) is 15.8 Å². The third-order valence-electron chi connectivity index (χ3n) is 4.59. The van der Waals surface area contributed by atoms with Crippen LogP contribution in [0.2, 0.25) is 0 Å². The van der Waals surface area contributed by atoms with Gasteiger partial charge in [0.05, 0.1) is 11.5 Å². The van der Waals surface area contributed by atoms with Crippen LogP contribution in [0, 0.1) is 0 Å². The van der Waals surface area contributed by atoms with E-state index in [2.05, 4.69) is 53.1 Å². The SMILES string of the molecule is CN=C(NCCCN(C(C)C)C(C)C)NCCN1CCS(=O)(=O)CC1.I. The highest BCUT2D eigenvalue weighted by atomic mass is 127. The molecular weight excluding hydrogens is 465 g/mol. The first kappa shape index (κ1) is 25.9.